The Hall–Kier alpha value is -2.17. The normalized spacial score (nSPS) is 12.2. The van der Waals surface area contributed by atoms with Gasteiger partial charge in [-0.1, -0.05) is 107 Å². The van der Waals surface area contributed by atoms with E-state index in [1.54, 1.807) is 17.1 Å². The highest BCUT2D eigenvalue weighted by Gasteiger charge is 2.23. The van der Waals surface area contributed by atoms with E-state index in [0.29, 0.717) is 6.42 Å². The molecule has 1 N–H and O–H groups in total. The lowest BCUT2D eigenvalue weighted by atomic mass is 9.91. The van der Waals surface area contributed by atoms with Crippen molar-refractivity contribution in [3.63, 3.8) is 0 Å². The number of aromatic nitrogens is 3. The second kappa shape index (κ2) is 13.9. The highest BCUT2D eigenvalue weighted by atomic mass is 16.4. The van der Waals surface area contributed by atoms with Crippen LogP contribution in [0.1, 0.15) is 102 Å². The molecule has 2 rings (SSSR count). The van der Waals surface area contributed by atoms with E-state index in [1.807, 2.05) is 24.3 Å². The van der Waals surface area contributed by atoms with Gasteiger partial charge in [0, 0.05) is 0 Å². The zero-order valence-electron chi connectivity index (χ0n) is 17.9. The molecule has 0 saturated carbocycles. The summed E-state index contributed by atoms with van der Waals surface area (Å²) in [5.74, 6) is -1.26. The first-order valence-corrected chi connectivity index (χ1v) is 11.4. The van der Waals surface area contributed by atoms with Crippen LogP contribution in [0.5, 0.6) is 0 Å². The predicted molar refractivity (Wildman–Crippen MR) is 117 cm³/mol. The summed E-state index contributed by atoms with van der Waals surface area (Å²) in [7, 11) is 0. The van der Waals surface area contributed by atoms with Crippen molar-refractivity contribution in [2.24, 2.45) is 0 Å². The molecule has 0 bridgehead atoms. The third-order valence-electron chi connectivity index (χ3n) is 5.63. The fourth-order valence-electron chi connectivity index (χ4n) is 3.93. The summed E-state index contributed by atoms with van der Waals surface area (Å²) in [6, 6.07) is 7.61. The van der Waals surface area contributed by atoms with E-state index in [-0.39, 0.29) is 0 Å². The third kappa shape index (κ3) is 8.38. The number of carboxylic acid groups (broad SMARTS) is 1. The monoisotopic (exact) mass is 399 g/mol. The second-order valence-electron chi connectivity index (χ2n) is 7.98. The molecule has 2 aromatic rings. The number of carboxylic acids is 1. The largest absolute Gasteiger partial charge is 0.481 e. The molecule has 1 unspecified atom stereocenters. The van der Waals surface area contributed by atoms with Crippen molar-refractivity contribution in [3.05, 3.63) is 42.2 Å². The van der Waals surface area contributed by atoms with Crippen LogP contribution in [0.3, 0.4) is 0 Å². The van der Waals surface area contributed by atoms with E-state index >= 15 is 0 Å². The molecule has 29 heavy (non-hydrogen) atoms. The van der Waals surface area contributed by atoms with Crippen molar-refractivity contribution in [2.75, 3.05) is 0 Å². The SMILES string of the molecule is CCCCCCCCCCCCCCC(C(=O)O)c1ccccc1-n1ccnn1. The maximum absolute atomic E-state index is 11.9. The number of nitrogens with zero attached hydrogens (tertiary/aromatic N) is 3. The zero-order valence-corrected chi connectivity index (χ0v) is 17.9. The summed E-state index contributed by atoms with van der Waals surface area (Å²) in [5.41, 5.74) is 1.62. The van der Waals surface area contributed by atoms with Crippen molar-refractivity contribution >= 4 is 5.97 Å². The minimum Gasteiger partial charge on any atom is -0.481 e. The van der Waals surface area contributed by atoms with Crippen molar-refractivity contribution in [2.45, 2.75) is 96.3 Å². The zero-order chi connectivity index (χ0) is 20.7. The number of para-hydroxylation sites is 1. The molecular formula is C24H37N3O2. The molecule has 1 heterocycles. The van der Waals surface area contributed by atoms with Gasteiger partial charge in [0.1, 0.15) is 0 Å². The fourth-order valence-corrected chi connectivity index (χ4v) is 3.93. The van der Waals surface area contributed by atoms with Crippen molar-refractivity contribution in [1.82, 2.24) is 15.0 Å². The standard InChI is InChI=1S/C24H37N3O2/c1-2-3-4-5-6-7-8-9-10-11-12-13-17-22(24(28)29)21-16-14-15-18-23(21)27-20-19-25-26-27/h14-16,18-20,22H,2-13,17H2,1H3,(H,28,29). The van der Waals surface area contributed by atoms with Crippen molar-refractivity contribution < 1.29 is 9.90 Å². The Balaban J connectivity index is 1.68. The number of aliphatic carboxylic acids is 1. The van der Waals surface area contributed by atoms with Crippen molar-refractivity contribution in [1.29, 1.82) is 0 Å². The van der Waals surface area contributed by atoms with E-state index in [9.17, 15) is 9.90 Å². The Morgan fingerprint density at radius 2 is 1.52 bits per heavy atom. The number of hydrogen-bond acceptors (Lipinski definition) is 3. The van der Waals surface area contributed by atoms with Gasteiger partial charge in [-0.25, -0.2) is 4.68 Å². The number of benzene rings is 1. The van der Waals surface area contributed by atoms with Crippen LogP contribution in [0.2, 0.25) is 0 Å². The molecule has 0 fully saturated rings. The maximum Gasteiger partial charge on any atom is 0.311 e. The van der Waals surface area contributed by atoms with E-state index in [4.69, 9.17) is 0 Å². The first-order valence-electron chi connectivity index (χ1n) is 11.4. The minimum absolute atomic E-state index is 0.501. The molecular weight excluding hydrogens is 362 g/mol. The average Bonchev–Trinajstić information content (AvgIpc) is 3.26. The minimum atomic E-state index is -0.763. The summed E-state index contributed by atoms with van der Waals surface area (Å²) in [5, 5.41) is 17.7. The van der Waals surface area contributed by atoms with Gasteiger partial charge in [-0.05, 0) is 18.1 Å². The first-order chi connectivity index (χ1) is 14.2. The topological polar surface area (TPSA) is 68.0 Å². The van der Waals surface area contributed by atoms with Gasteiger partial charge in [0.2, 0.25) is 0 Å². The Morgan fingerprint density at radius 1 is 0.931 bits per heavy atom. The van der Waals surface area contributed by atoms with Crippen LogP contribution in [-0.4, -0.2) is 26.1 Å². The molecule has 5 heteroatoms. The van der Waals surface area contributed by atoms with E-state index in [0.717, 1.165) is 24.1 Å². The van der Waals surface area contributed by atoms with E-state index in [2.05, 4.69) is 17.2 Å². The molecule has 0 aliphatic heterocycles. The van der Waals surface area contributed by atoms with Gasteiger partial charge in [-0.15, -0.1) is 5.10 Å². The van der Waals surface area contributed by atoms with Gasteiger partial charge < -0.3 is 5.11 Å². The molecule has 5 nitrogen and oxygen atoms in total. The van der Waals surface area contributed by atoms with Gasteiger partial charge in [0.15, 0.2) is 0 Å². The Bertz CT molecular complexity index is 685. The van der Waals surface area contributed by atoms with Crippen LogP contribution in [0, 0.1) is 0 Å². The van der Waals surface area contributed by atoms with Gasteiger partial charge in [-0.2, -0.15) is 0 Å². The lowest BCUT2D eigenvalue weighted by Gasteiger charge is -2.16. The van der Waals surface area contributed by atoms with Gasteiger partial charge in [0.05, 0.1) is 24.0 Å². The average molecular weight is 400 g/mol. The summed E-state index contributed by atoms with van der Waals surface area (Å²) < 4.78 is 1.65. The van der Waals surface area contributed by atoms with Gasteiger partial charge in [0.25, 0.3) is 0 Å². The molecule has 0 radical (unpaired) electrons. The Kier molecular flexibility index (Phi) is 11.1. The van der Waals surface area contributed by atoms with Crippen LogP contribution in [0.25, 0.3) is 5.69 Å². The number of carbonyl (C=O) groups is 1. The lowest BCUT2D eigenvalue weighted by molar-refractivity contribution is -0.139. The van der Waals surface area contributed by atoms with Crippen LogP contribution in [0.4, 0.5) is 0 Å². The summed E-state index contributed by atoms with van der Waals surface area (Å²) in [6.45, 7) is 2.26. The van der Waals surface area contributed by atoms with E-state index in [1.165, 1.54) is 64.2 Å². The Morgan fingerprint density at radius 3 is 2.07 bits per heavy atom. The maximum atomic E-state index is 11.9. The number of hydrogen-bond donors (Lipinski definition) is 1. The fraction of sp³-hybridized carbons (Fsp3) is 0.625. The summed E-state index contributed by atoms with van der Waals surface area (Å²) in [6.07, 6.45) is 19.4. The molecule has 1 aromatic carbocycles. The molecule has 0 amide bonds. The summed E-state index contributed by atoms with van der Waals surface area (Å²) >= 11 is 0. The Labute approximate surface area is 175 Å². The molecule has 0 aliphatic carbocycles. The van der Waals surface area contributed by atoms with Crippen LogP contribution in [-0.2, 0) is 4.79 Å². The molecule has 0 spiro atoms. The van der Waals surface area contributed by atoms with Gasteiger partial charge in [-0.3, -0.25) is 4.79 Å². The number of rotatable bonds is 16. The van der Waals surface area contributed by atoms with Crippen LogP contribution >= 0.6 is 0 Å². The lowest BCUT2D eigenvalue weighted by Crippen LogP contribution is -2.14. The van der Waals surface area contributed by atoms with Gasteiger partial charge >= 0.3 is 5.97 Å². The molecule has 1 atom stereocenters. The summed E-state index contributed by atoms with van der Waals surface area (Å²) in [4.78, 5) is 11.9. The molecule has 1 aromatic heterocycles. The van der Waals surface area contributed by atoms with E-state index < -0.39 is 11.9 Å². The molecule has 0 saturated heterocycles. The second-order valence-corrected chi connectivity index (χ2v) is 7.98. The molecule has 0 aliphatic rings. The number of unbranched alkanes of at least 4 members (excludes halogenated alkanes) is 11. The van der Waals surface area contributed by atoms with Crippen LogP contribution in [0.15, 0.2) is 36.7 Å². The predicted octanol–water partition coefficient (Wildman–Crippen LogP) is 6.53. The smallest absolute Gasteiger partial charge is 0.311 e. The van der Waals surface area contributed by atoms with Crippen LogP contribution < -0.4 is 0 Å². The first kappa shape index (κ1) is 23.1. The quantitative estimate of drug-likeness (QED) is 0.326. The highest BCUT2D eigenvalue weighted by molar-refractivity contribution is 5.77. The van der Waals surface area contributed by atoms with Crippen molar-refractivity contribution in [3.8, 4) is 5.69 Å². The third-order valence-corrected chi connectivity index (χ3v) is 5.63. The molecule has 160 valence electrons. The highest BCUT2D eigenvalue weighted by Crippen LogP contribution is 2.28.